The van der Waals surface area contributed by atoms with E-state index in [1.807, 2.05) is 36.4 Å². The normalized spacial score (nSPS) is 11.5. The number of amides is 1. The summed E-state index contributed by atoms with van der Waals surface area (Å²) < 4.78 is 5.74. The minimum Gasteiger partial charge on any atom is -0.478 e. The number of fused-ring (bicyclic) bond motifs is 1. The number of benzene rings is 1. The van der Waals surface area contributed by atoms with E-state index in [1.165, 1.54) is 25.3 Å². The van der Waals surface area contributed by atoms with Gasteiger partial charge in [0.05, 0.1) is 12.1 Å². The van der Waals surface area contributed by atoms with Crippen LogP contribution in [0.3, 0.4) is 0 Å². The molecule has 0 aliphatic heterocycles. The first-order valence-corrected chi connectivity index (χ1v) is 8.87. The summed E-state index contributed by atoms with van der Waals surface area (Å²) in [6, 6.07) is 12.0. The molecule has 25 heavy (non-hydrogen) atoms. The van der Waals surface area contributed by atoms with Crippen LogP contribution in [0.1, 0.15) is 38.5 Å². The summed E-state index contributed by atoms with van der Waals surface area (Å²) in [6.45, 7) is 0.711. The van der Waals surface area contributed by atoms with Crippen molar-refractivity contribution in [3.8, 4) is 5.88 Å². The zero-order valence-electron chi connectivity index (χ0n) is 14.6. The van der Waals surface area contributed by atoms with Crippen molar-refractivity contribution in [2.75, 3.05) is 6.61 Å². The number of hydrogen-bond acceptors (Lipinski definition) is 3. The highest BCUT2D eigenvalue weighted by Gasteiger charge is 1.98. The Hall–Kier alpha value is -2.62. The minimum atomic E-state index is -0.411. The Balaban J connectivity index is 1.51. The lowest BCUT2D eigenvalue weighted by atomic mass is 10.1. The summed E-state index contributed by atoms with van der Waals surface area (Å²) in [5, 5.41) is 1.13. The Bertz CT molecular complexity index is 723. The molecule has 0 spiro atoms. The van der Waals surface area contributed by atoms with E-state index in [1.54, 1.807) is 6.08 Å². The molecule has 0 bridgehead atoms. The second kappa shape index (κ2) is 11.0. The Kier molecular flexibility index (Phi) is 8.25. The van der Waals surface area contributed by atoms with Crippen molar-refractivity contribution in [2.24, 2.45) is 5.73 Å². The molecule has 1 heterocycles. The molecule has 0 saturated carbocycles. The first kappa shape index (κ1) is 18.7. The molecule has 1 amide bonds. The molecule has 132 valence electrons. The average molecular weight is 338 g/mol. The van der Waals surface area contributed by atoms with Gasteiger partial charge in [-0.25, -0.2) is 4.98 Å². The van der Waals surface area contributed by atoms with Gasteiger partial charge in [0.25, 0.3) is 0 Å². The quantitative estimate of drug-likeness (QED) is 0.371. The van der Waals surface area contributed by atoms with E-state index in [4.69, 9.17) is 10.5 Å². The summed E-state index contributed by atoms with van der Waals surface area (Å²) in [5.41, 5.74) is 5.97. The third-order valence-corrected chi connectivity index (χ3v) is 3.85. The number of unbranched alkanes of at least 4 members (excludes halogenated alkanes) is 5. The molecule has 0 saturated heterocycles. The highest BCUT2D eigenvalue weighted by molar-refractivity contribution is 5.85. The van der Waals surface area contributed by atoms with Gasteiger partial charge in [-0.2, -0.15) is 0 Å². The Labute approximate surface area is 149 Å². The number of ether oxygens (including phenoxy) is 1. The van der Waals surface area contributed by atoms with Crippen molar-refractivity contribution in [3.05, 3.63) is 60.7 Å². The number of nitrogens with zero attached hydrogens (tertiary/aromatic N) is 1. The molecule has 2 aromatic rings. The lowest BCUT2D eigenvalue weighted by Crippen LogP contribution is -2.04. The second-order valence-electron chi connectivity index (χ2n) is 5.94. The van der Waals surface area contributed by atoms with Gasteiger partial charge in [0.1, 0.15) is 0 Å². The number of hydrogen-bond donors (Lipinski definition) is 1. The number of rotatable bonds is 11. The zero-order valence-corrected chi connectivity index (χ0v) is 14.6. The molecule has 4 nitrogen and oxygen atoms in total. The summed E-state index contributed by atoms with van der Waals surface area (Å²) in [4.78, 5) is 15.0. The Morgan fingerprint density at radius 3 is 2.68 bits per heavy atom. The Morgan fingerprint density at radius 1 is 1.00 bits per heavy atom. The van der Waals surface area contributed by atoms with Crippen molar-refractivity contribution in [1.29, 1.82) is 0 Å². The summed E-state index contributed by atoms with van der Waals surface area (Å²) in [5.74, 6) is 0.290. The van der Waals surface area contributed by atoms with Crippen LogP contribution in [0.15, 0.2) is 60.7 Å². The number of aromatic nitrogens is 1. The van der Waals surface area contributed by atoms with Gasteiger partial charge in [-0.05, 0) is 31.4 Å². The highest BCUT2D eigenvalue weighted by atomic mass is 16.5. The van der Waals surface area contributed by atoms with Crippen LogP contribution >= 0.6 is 0 Å². The van der Waals surface area contributed by atoms with Gasteiger partial charge in [0, 0.05) is 17.5 Å². The van der Waals surface area contributed by atoms with Gasteiger partial charge in [0.2, 0.25) is 11.8 Å². The molecule has 0 aliphatic carbocycles. The fraction of sp³-hybridized carbons (Fsp3) is 0.333. The SMILES string of the molecule is NC(=O)/C=C/C=C/CCCCCCCOc1ccc2ccccc2n1. The number of carbonyl (C=O) groups is 1. The van der Waals surface area contributed by atoms with Gasteiger partial charge in [-0.15, -0.1) is 0 Å². The van der Waals surface area contributed by atoms with Gasteiger partial charge in [-0.3, -0.25) is 4.79 Å². The van der Waals surface area contributed by atoms with Gasteiger partial charge in [-0.1, -0.05) is 55.7 Å². The molecule has 0 radical (unpaired) electrons. The van der Waals surface area contributed by atoms with Gasteiger partial charge >= 0.3 is 0 Å². The van der Waals surface area contributed by atoms with Crippen LogP contribution in [0.4, 0.5) is 0 Å². The number of allylic oxidation sites excluding steroid dienone is 3. The van der Waals surface area contributed by atoms with Crippen LogP contribution in [-0.2, 0) is 4.79 Å². The smallest absolute Gasteiger partial charge is 0.241 e. The molecule has 4 heteroatoms. The van der Waals surface area contributed by atoms with Crippen molar-refractivity contribution in [3.63, 3.8) is 0 Å². The topological polar surface area (TPSA) is 65.2 Å². The maximum atomic E-state index is 10.5. The van der Waals surface area contributed by atoms with Crippen LogP contribution in [0, 0.1) is 0 Å². The summed E-state index contributed by atoms with van der Waals surface area (Å²) in [7, 11) is 0. The lowest BCUT2D eigenvalue weighted by molar-refractivity contribution is -0.113. The first-order chi connectivity index (χ1) is 12.3. The molecule has 0 fully saturated rings. The molecule has 1 aromatic heterocycles. The predicted molar refractivity (Wildman–Crippen MR) is 102 cm³/mol. The fourth-order valence-corrected chi connectivity index (χ4v) is 2.52. The van der Waals surface area contributed by atoms with E-state index in [0.717, 1.165) is 30.2 Å². The number of nitrogens with two attached hydrogens (primary N) is 1. The summed E-state index contributed by atoms with van der Waals surface area (Å²) >= 11 is 0. The molecule has 1 aromatic carbocycles. The van der Waals surface area contributed by atoms with Crippen molar-refractivity contribution in [1.82, 2.24) is 4.98 Å². The van der Waals surface area contributed by atoms with Crippen molar-refractivity contribution < 1.29 is 9.53 Å². The van der Waals surface area contributed by atoms with Crippen LogP contribution in [0.2, 0.25) is 0 Å². The molecule has 0 aliphatic rings. The third kappa shape index (κ3) is 7.66. The van der Waals surface area contributed by atoms with Gasteiger partial charge in [0.15, 0.2) is 0 Å². The molecular formula is C21H26N2O2. The standard InChI is InChI=1S/C21H26N2O2/c22-20(24)14-8-6-4-2-1-3-5-7-11-17-25-21-16-15-18-12-9-10-13-19(18)23-21/h4,6,8-10,12-16H,1-3,5,7,11,17H2,(H2,22,24)/b6-4+,14-8+. The van der Waals surface area contributed by atoms with Gasteiger partial charge < -0.3 is 10.5 Å². The van der Waals surface area contributed by atoms with Crippen molar-refractivity contribution in [2.45, 2.75) is 38.5 Å². The number of pyridine rings is 1. The first-order valence-electron chi connectivity index (χ1n) is 8.87. The zero-order chi connectivity index (χ0) is 17.7. The summed E-state index contributed by atoms with van der Waals surface area (Å²) in [6.07, 6.45) is 13.8. The number of primary amides is 1. The fourth-order valence-electron chi connectivity index (χ4n) is 2.52. The second-order valence-corrected chi connectivity index (χ2v) is 5.94. The maximum absolute atomic E-state index is 10.5. The predicted octanol–water partition coefficient (Wildman–Crippen LogP) is 4.55. The highest BCUT2D eigenvalue weighted by Crippen LogP contribution is 2.16. The van der Waals surface area contributed by atoms with E-state index in [2.05, 4.69) is 17.1 Å². The van der Waals surface area contributed by atoms with Crippen molar-refractivity contribution >= 4 is 16.8 Å². The van der Waals surface area contributed by atoms with E-state index in [-0.39, 0.29) is 0 Å². The largest absolute Gasteiger partial charge is 0.478 e. The van der Waals surface area contributed by atoms with Crippen LogP contribution in [0.5, 0.6) is 5.88 Å². The monoisotopic (exact) mass is 338 g/mol. The molecule has 0 atom stereocenters. The Morgan fingerprint density at radius 2 is 1.80 bits per heavy atom. The minimum absolute atomic E-state index is 0.411. The van der Waals surface area contributed by atoms with E-state index in [9.17, 15) is 4.79 Å². The number of carbonyl (C=O) groups excluding carboxylic acids is 1. The molecule has 0 unspecified atom stereocenters. The van der Waals surface area contributed by atoms with Crippen LogP contribution in [0.25, 0.3) is 10.9 Å². The van der Waals surface area contributed by atoms with Crippen LogP contribution in [-0.4, -0.2) is 17.5 Å². The van der Waals surface area contributed by atoms with Crippen LogP contribution < -0.4 is 10.5 Å². The molecular weight excluding hydrogens is 312 g/mol. The molecule has 2 rings (SSSR count). The maximum Gasteiger partial charge on any atom is 0.241 e. The molecule has 2 N–H and O–H groups in total. The van der Waals surface area contributed by atoms with E-state index >= 15 is 0 Å². The number of para-hydroxylation sites is 1. The third-order valence-electron chi connectivity index (χ3n) is 3.85. The lowest BCUT2D eigenvalue weighted by Gasteiger charge is -2.06. The van der Waals surface area contributed by atoms with E-state index < -0.39 is 5.91 Å². The average Bonchev–Trinajstić information content (AvgIpc) is 2.62. The van der Waals surface area contributed by atoms with E-state index in [0.29, 0.717) is 12.5 Å².